The molecule has 0 saturated heterocycles. The van der Waals surface area contributed by atoms with Crippen LogP contribution in [0.3, 0.4) is 0 Å². The van der Waals surface area contributed by atoms with Crippen molar-refractivity contribution in [3.63, 3.8) is 0 Å². The Hall–Kier alpha value is -0.0400. The van der Waals surface area contributed by atoms with Crippen molar-refractivity contribution >= 4 is 0 Å². The lowest BCUT2D eigenvalue weighted by Crippen LogP contribution is -2.40. The Morgan fingerprint density at radius 2 is 1.94 bits per heavy atom. The van der Waals surface area contributed by atoms with E-state index in [4.69, 9.17) is 0 Å². The van der Waals surface area contributed by atoms with Crippen molar-refractivity contribution in [1.29, 1.82) is 0 Å². The first-order chi connectivity index (χ1) is 7.72. The lowest BCUT2D eigenvalue weighted by molar-refractivity contribution is 0.307. The van der Waals surface area contributed by atoms with Crippen LogP contribution in [0.1, 0.15) is 72.6 Å². The third-order valence-corrected chi connectivity index (χ3v) is 4.60. The zero-order chi connectivity index (χ0) is 12.0. The summed E-state index contributed by atoms with van der Waals surface area (Å²) >= 11 is 0. The second kappa shape index (κ2) is 7.32. The summed E-state index contributed by atoms with van der Waals surface area (Å²) in [6, 6.07) is 1.56. The summed E-state index contributed by atoms with van der Waals surface area (Å²) in [5.74, 6) is 1.86. The molecule has 1 rings (SSSR count). The van der Waals surface area contributed by atoms with Crippen LogP contribution in [-0.2, 0) is 0 Å². The predicted octanol–water partition coefficient (Wildman–Crippen LogP) is 4.37. The fourth-order valence-electron chi connectivity index (χ4n) is 3.22. The molecule has 1 N–H and O–H groups in total. The lowest BCUT2D eigenvalue weighted by Gasteiger charge is -2.26. The van der Waals surface area contributed by atoms with E-state index in [-0.39, 0.29) is 0 Å². The maximum absolute atomic E-state index is 3.91. The normalized spacial score (nSPS) is 31.9. The third kappa shape index (κ3) is 3.76. The maximum atomic E-state index is 3.91. The molecule has 0 aliphatic heterocycles. The van der Waals surface area contributed by atoms with Crippen LogP contribution in [-0.4, -0.2) is 12.1 Å². The van der Waals surface area contributed by atoms with Gasteiger partial charge in [0.15, 0.2) is 0 Å². The van der Waals surface area contributed by atoms with Crippen LogP contribution in [0.25, 0.3) is 0 Å². The summed E-state index contributed by atoms with van der Waals surface area (Å²) < 4.78 is 0. The summed E-state index contributed by atoms with van der Waals surface area (Å²) in [5.41, 5.74) is 0. The second-order valence-electron chi connectivity index (χ2n) is 5.63. The van der Waals surface area contributed by atoms with Crippen LogP contribution < -0.4 is 5.32 Å². The summed E-state index contributed by atoms with van der Waals surface area (Å²) in [6.45, 7) is 9.41. The number of hydrogen-bond acceptors (Lipinski definition) is 1. The van der Waals surface area contributed by atoms with E-state index < -0.39 is 0 Å². The molecule has 1 aliphatic carbocycles. The molecule has 1 fully saturated rings. The van der Waals surface area contributed by atoms with Gasteiger partial charge in [-0.25, -0.2) is 0 Å². The number of unbranched alkanes of at least 4 members (excludes halogenated alkanes) is 1. The predicted molar refractivity (Wildman–Crippen MR) is 72.7 cm³/mol. The highest BCUT2D eigenvalue weighted by Gasteiger charge is 2.32. The molecular formula is C15H31N. The van der Waals surface area contributed by atoms with Crippen LogP contribution in [0.2, 0.25) is 0 Å². The fraction of sp³-hybridized carbons (Fsp3) is 1.00. The third-order valence-electron chi connectivity index (χ3n) is 4.60. The number of hydrogen-bond donors (Lipinski definition) is 1. The highest BCUT2D eigenvalue weighted by Crippen LogP contribution is 2.34. The molecule has 0 spiro atoms. The molecule has 0 aromatic heterocycles. The Morgan fingerprint density at radius 1 is 1.19 bits per heavy atom. The van der Waals surface area contributed by atoms with Crippen molar-refractivity contribution in [3.05, 3.63) is 0 Å². The minimum atomic E-state index is 0.767. The molecule has 4 atom stereocenters. The van der Waals surface area contributed by atoms with Gasteiger partial charge in [0.2, 0.25) is 0 Å². The summed E-state index contributed by atoms with van der Waals surface area (Å²) in [4.78, 5) is 0. The molecule has 0 bridgehead atoms. The van der Waals surface area contributed by atoms with E-state index in [1.165, 1.54) is 44.9 Å². The number of rotatable bonds is 7. The van der Waals surface area contributed by atoms with Crippen LogP contribution >= 0.6 is 0 Å². The van der Waals surface area contributed by atoms with Crippen molar-refractivity contribution in [3.8, 4) is 0 Å². The molecule has 0 aromatic rings. The maximum Gasteiger partial charge on any atom is 0.00980 e. The van der Waals surface area contributed by atoms with Gasteiger partial charge in [-0.05, 0) is 37.5 Å². The molecule has 16 heavy (non-hydrogen) atoms. The van der Waals surface area contributed by atoms with Crippen molar-refractivity contribution < 1.29 is 0 Å². The quantitative estimate of drug-likeness (QED) is 0.678. The van der Waals surface area contributed by atoms with Crippen LogP contribution in [0.5, 0.6) is 0 Å². The Labute approximate surface area is 102 Å². The minimum absolute atomic E-state index is 0.767. The molecular weight excluding hydrogens is 194 g/mol. The SMILES string of the molecule is CCCCC(CC)NC1CCC(CC)C1C. The Balaban J connectivity index is 2.34. The van der Waals surface area contributed by atoms with Gasteiger partial charge in [0.05, 0.1) is 0 Å². The first-order valence-electron chi connectivity index (χ1n) is 7.48. The van der Waals surface area contributed by atoms with Gasteiger partial charge in [-0.2, -0.15) is 0 Å². The van der Waals surface area contributed by atoms with E-state index in [2.05, 4.69) is 33.0 Å². The van der Waals surface area contributed by atoms with E-state index in [9.17, 15) is 0 Å². The standard InChI is InChI=1S/C15H31N/c1-5-8-9-14(7-3)16-15-11-10-13(6-2)12(15)4/h12-16H,5-11H2,1-4H3. The zero-order valence-corrected chi connectivity index (χ0v) is 11.8. The molecule has 1 saturated carbocycles. The van der Waals surface area contributed by atoms with Gasteiger partial charge < -0.3 is 5.32 Å². The summed E-state index contributed by atoms with van der Waals surface area (Å²) in [7, 11) is 0. The molecule has 0 amide bonds. The van der Waals surface area contributed by atoms with Gasteiger partial charge in [0.1, 0.15) is 0 Å². The monoisotopic (exact) mass is 225 g/mol. The van der Waals surface area contributed by atoms with Gasteiger partial charge >= 0.3 is 0 Å². The average molecular weight is 225 g/mol. The van der Waals surface area contributed by atoms with E-state index in [0.29, 0.717) is 0 Å². The van der Waals surface area contributed by atoms with Crippen molar-refractivity contribution in [2.24, 2.45) is 11.8 Å². The highest BCUT2D eigenvalue weighted by atomic mass is 15.0. The van der Waals surface area contributed by atoms with Crippen LogP contribution in [0.4, 0.5) is 0 Å². The van der Waals surface area contributed by atoms with Crippen molar-refractivity contribution in [2.45, 2.75) is 84.7 Å². The lowest BCUT2D eigenvalue weighted by atomic mass is 9.93. The van der Waals surface area contributed by atoms with E-state index in [0.717, 1.165) is 23.9 Å². The van der Waals surface area contributed by atoms with Crippen LogP contribution in [0, 0.1) is 11.8 Å². The molecule has 96 valence electrons. The molecule has 0 radical (unpaired) electrons. The summed E-state index contributed by atoms with van der Waals surface area (Å²) in [6.07, 6.45) is 9.58. The molecule has 0 aromatic carbocycles. The van der Waals surface area contributed by atoms with E-state index in [1.807, 2.05) is 0 Å². The minimum Gasteiger partial charge on any atom is -0.311 e. The van der Waals surface area contributed by atoms with E-state index in [1.54, 1.807) is 0 Å². The summed E-state index contributed by atoms with van der Waals surface area (Å²) in [5, 5.41) is 3.91. The Bertz CT molecular complexity index is 178. The molecule has 1 aliphatic rings. The molecule has 4 unspecified atom stereocenters. The molecule has 1 nitrogen and oxygen atoms in total. The van der Waals surface area contributed by atoms with Gasteiger partial charge in [-0.1, -0.05) is 47.0 Å². The Kier molecular flexibility index (Phi) is 6.41. The topological polar surface area (TPSA) is 12.0 Å². The van der Waals surface area contributed by atoms with Gasteiger partial charge in [0, 0.05) is 12.1 Å². The highest BCUT2D eigenvalue weighted by molar-refractivity contribution is 4.88. The van der Waals surface area contributed by atoms with Gasteiger partial charge in [-0.15, -0.1) is 0 Å². The molecule has 1 heteroatoms. The second-order valence-corrected chi connectivity index (χ2v) is 5.63. The first kappa shape index (κ1) is 14.0. The smallest absolute Gasteiger partial charge is 0.00980 e. The van der Waals surface area contributed by atoms with Crippen LogP contribution in [0.15, 0.2) is 0 Å². The number of nitrogens with one attached hydrogen (secondary N) is 1. The average Bonchev–Trinajstić information content (AvgIpc) is 2.65. The van der Waals surface area contributed by atoms with Crippen molar-refractivity contribution in [1.82, 2.24) is 5.32 Å². The van der Waals surface area contributed by atoms with Gasteiger partial charge in [0.25, 0.3) is 0 Å². The molecule has 0 heterocycles. The van der Waals surface area contributed by atoms with Crippen molar-refractivity contribution in [2.75, 3.05) is 0 Å². The van der Waals surface area contributed by atoms with Gasteiger partial charge in [-0.3, -0.25) is 0 Å². The Morgan fingerprint density at radius 3 is 2.44 bits per heavy atom. The fourth-order valence-corrected chi connectivity index (χ4v) is 3.22. The van der Waals surface area contributed by atoms with E-state index >= 15 is 0 Å². The zero-order valence-electron chi connectivity index (χ0n) is 11.8. The first-order valence-corrected chi connectivity index (χ1v) is 7.48. The largest absolute Gasteiger partial charge is 0.311 e.